The van der Waals surface area contributed by atoms with Crippen LogP contribution in [0.15, 0.2) is 11.6 Å². The van der Waals surface area contributed by atoms with Crippen molar-refractivity contribution in [3.05, 3.63) is 11.6 Å². The Morgan fingerprint density at radius 2 is 1.82 bits per heavy atom. The van der Waals surface area contributed by atoms with E-state index in [2.05, 4.69) is 48.6 Å². The quantitative estimate of drug-likeness (QED) is 0.502. The Morgan fingerprint density at radius 3 is 2.45 bits per heavy atom. The fourth-order valence-electron chi connectivity index (χ4n) is 7.20. The monoisotopic (exact) mass is 461 g/mol. The van der Waals surface area contributed by atoms with Gasteiger partial charge in [0, 0.05) is 58.0 Å². The third kappa shape index (κ3) is 5.50. The molecule has 0 bridgehead atoms. The van der Waals surface area contributed by atoms with Gasteiger partial charge in [-0.15, -0.1) is 0 Å². The molecule has 2 saturated heterocycles. The second-order valence-corrected chi connectivity index (χ2v) is 11.7. The molecule has 188 valence electrons. The Bertz CT molecular complexity index is 711. The van der Waals surface area contributed by atoms with Crippen molar-refractivity contribution in [2.24, 2.45) is 23.7 Å². The summed E-state index contributed by atoms with van der Waals surface area (Å²) in [5.74, 6) is 1.15. The molecular weight excluding hydrogens is 414 g/mol. The van der Waals surface area contributed by atoms with Crippen molar-refractivity contribution in [3.63, 3.8) is 0 Å². The first-order chi connectivity index (χ1) is 15.7. The number of likely N-dealkylation sites (N-methyl/N-ethyl adjacent to an activating group) is 1. The lowest BCUT2D eigenvalue weighted by Gasteiger charge is -2.53. The van der Waals surface area contributed by atoms with Crippen LogP contribution in [0.1, 0.15) is 59.8 Å². The number of esters is 1. The normalized spacial score (nSPS) is 38.4. The molecule has 6 heteroatoms. The summed E-state index contributed by atoms with van der Waals surface area (Å²) in [6.45, 7) is 16.5. The molecule has 33 heavy (non-hydrogen) atoms. The van der Waals surface area contributed by atoms with E-state index < -0.39 is 5.60 Å². The molecule has 1 N–H and O–H groups in total. The standard InChI is InChI=1S/C27H47N3O3/c1-19-16-25-24(7-6-21(3)27(25,32)17-26(19)33-22(4)31)20(2)18-29-10-8-23(9-11-29)30-14-12-28(5)13-15-30/h16,20-21,23-26,32H,6-15,17-18H2,1-5H3/t20?,21-,24+,25-,26-,27-/m1/s1. The van der Waals surface area contributed by atoms with Gasteiger partial charge in [0.2, 0.25) is 0 Å². The van der Waals surface area contributed by atoms with Crippen molar-refractivity contribution in [3.8, 4) is 0 Å². The molecule has 2 aliphatic carbocycles. The summed E-state index contributed by atoms with van der Waals surface area (Å²) in [5.41, 5.74) is 0.338. The van der Waals surface area contributed by atoms with Crippen LogP contribution in [-0.2, 0) is 9.53 Å². The summed E-state index contributed by atoms with van der Waals surface area (Å²) < 4.78 is 5.57. The van der Waals surface area contributed by atoms with Crippen molar-refractivity contribution in [2.75, 3.05) is 52.9 Å². The zero-order chi connectivity index (χ0) is 23.8. The minimum atomic E-state index is -0.773. The van der Waals surface area contributed by atoms with Gasteiger partial charge in [-0.1, -0.05) is 19.9 Å². The summed E-state index contributed by atoms with van der Waals surface area (Å²) in [6, 6.07) is 0.757. The molecule has 0 aromatic carbocycles. The Kier molecular flexibility index (Phi) is 7.89. The predicted molar refractivity (Wildman–Crippen MR) is 132 cm³/mol. The summed E-state index contributed by atoms with van der Waals surface area (Å²) >= 11 is 0. The minimum absolute atomic E-state index is 0.158. The number of carbonyl (C=O) groups excluding carboxylic acids is 1. The van der Waals surface area contributed by atoms with Gasteiger partial charge in [-0.3, -0.25) is 9.69 Å². The Hall–Kier alpha value is -0.950. The predicted octanol–water partition coefficient (Wildman–Crippen LogP) is 3.01. The van der Waals surface area contributed by atoms with Crippen LogP contribution in [0.25, 0.3) is 0 Å². The lowest BCUT2D eigenvalue weighted by Crippen LogP contribution is -2.56. The van der Waals surface area contributed by atoms with E-state index in [0.717, 1.165) is 24.6 Å². The number of ether oxygens (including phenoxy) is 1. The van der Waals surface area contributed by atoms with Crippen LogP contribution in [0, 0.1) is 23.7 Å². The van der Waals surface area contributed by atoms with Gasteiger partial charge in [-0.25, -0.2) is 0 Å². The zero-order valence-corrected chi connectivity index (χ0v) is 21.6. The molecule has 6 nitrogen and oxygen atoms in total. The maximum absolute atomic E-state index is 11.8. The number of hydrogen-bond donors (Lipinski definition) is 1. The van der Waals surface area contributed by atoms with Crippen LogP contribution < -0.4 is 0 Å². The van der Waals surface area contributed by atoms with Gasteiger partial charge < -0.3 is 19.6 Å². The zero-order valence-electron chi connectivity index (χ0n) is 21.6. The first kappa shape index (κ1) is 25.2. The van der Waals surface area contributed by atoms with Crippen LogP contribution in [-0.4, -0.2) is 96.4 Å². The fourth-order valence-corrected chi connectivity index (χ4v) is 7.20. The van der Waals surface area contributed by atoms with Crippen molar-refractivity contribution in [1.29, 1.82) is 0 Å². The number of likely N-dealkylation sites (tertiary alicyclic amines) is 1. The van der Waals surface area contributed by atoms with Crippen LogP contribution in [0.5, 0.6) is 0 Å². The third-order valence-corrected chi connectivity index (χ3v) is 9.48. The highest BCUT2D eigenvalue weighted by Gasteiger charge is 2.52. The Morgan fingerprint density at radius 1 is 1.15 bits per heavy atom. The molecule has 1 saturated carbocycles. The molecule has 4 rings (SSSR count). The molecule has 3 fully saturated rings. The Labute approximate surface area is 201 Å². The van der Waals surface area contributed by atoms with E-state index in [0.29, 0.717) is 18.3 Å². The molecule has 6 atom stereocenters. The number of aliphatic hydroxyl groups is 1. The van der Waals surface area contributed by atoms with E-state index in [1.165, 1.54) is 65.5 Å². The fraction of sp³-hybridized carbons (Fsp3) is 0.889. The van der Waals surface area contributed by atoms with Crippen LogP contribution in [0.2, 0.25) is 0 Å². The lowest BCUT2D eigenvalue weighted by atomic mass is 9.57. The molecule has 0 radical (unpaired) electrons. The van der Waals surface area contributed by atoms with Crippen LogP contribution in [0.4, 0.5) is 0 Å². The van der Waals surface area contributed by atoms with Crippen LogP contribution in [0.3, 0.4) is 0 Å². The first-order valence-corrected chi connectivity index (χ1v) is 13.4. The molecule has 1 unspecified atom stereocenters. The number of rotatable bonds is 5. The molecule has 0 spiro atoms. The number of nitrogens with zero attached hydrogens (tertiary/aromatic N) is 3. The molecule has 4 aliphatic rings. The number of carbonyl (C=O) groups is 1. The largest absolute Gasteiger partial charge is 0.458 e. The summed E-state index contributed by atoms with van der Waals surface area (Å²) in [7, 11) is 2.23. The van der Waals surface area contributed by atoms with Gasteiger partial charge in [0.05, 0.1) is 5.60 Å². The maximum Gasteiger partial charge on any atom is 0.303 e. The topological polar surface area (TPSA) is 56.3 Å². The molecule has 0 aromatic rings. The van der Waals surface area contributed by atoms with E-state index >= 15 is 0 Å². The Balaban J connectivity index is 1.36. The van der Waals surface area contributed by atoms with E-state index in [4.69, 9.17) is 4.74 Å². The SMILES string of the molecule is CC(=O)O[C@@H]1C[C@@]2(O)[C@H](C)CC[C@@H](C(C)CN3CCC(N4CCN(C)CC4)CC3)[C@H]2C=C1C. The van der Waals surface area contributed by atoms with E-state index in [-0.39, 0.29) is 23.9 Å². The van der Waals surface area contributed by atoms with Gasteiger partial charge in [0.25, 0.3) is 0 Å². The highest BCUT2D eigenvalue weighted by atomic mass is 16.5. The maximum atomic E-state index is 11.8. The highest BCUT2D eigenvalue weighted by molar-refractivity contribution is 5.66. The van der Waals surface area contributed by atoms with Gasteiger partial charge in [-0.05, 0) is 76.1 Å². The van der Waals surface area contributed by atoms with E-state index in [1.807, 2.05) is 0 Å². The average molecular weight is 462 g/mol. The van der Waals surface area contributed by atoms with Crippen molar-refractivity contribution in [2.45, 2.75) is 77.5 Å². The minimum Gasteiger partial charge on any atom is -0.458 e. The van der Waals surface area contributed by atoms with Crippen LogP contribution >= 0.6 is 0 Å². The van der Waals surface area contributed by atoms with Gasteiger partial charge >= 0.3 is 5.97 Å². The average Bonchev–Trinajstić information content (AvgIpc) is 2.77. The molecule has 2 aliphatic heterocycles. The smallest absolute Gasteiger partial charge is 0.303 e. The first-order valence-electron chi connectivity index (χ1n) is 13.4. The highest BCUT2D eigenvalue weighted by Crippen LogP contribution is 2.51. The second-order valence-electron chi connectivity index (χ2n) is 11.7. The van der Waals surface area contributed by atoms with E-state index in [9.17, 15) is 9.90 Å². The molecule has 0 aromatic heterocycles. The summed E-state index contributed by atoms with van der Waals surface area (Å²) in [4.78, 5) is 19.4. The van der Waals surface area contributed by atoms with Gasteiger partial charge in [-0.2, -0.15) is 0 Å². The molecule has 2 heterocycles. The van der Waals surface area contributed by atoms with Crippen molar-refractivity contribution >= 4 is 5.97 Å². The van der Waals surface area contributed by atoms with Gasteiger partial charge in [0.15, 0.2) is 0 Å². The van der Waals surface area contributed by atoms with E-state index in [1.54, 1.807) is 0 Å². The molecule has 0 amide bonds. The number of fused-ring (bicyclic) bond motifs is 1. The molecular formula is C27H47N3O3. The third-order valence-electron chi connectivity index (χ3n) is 9.48. The van der Waals surface area contributed by atoms with Crippen molar-refractivity contribution < 1.29 is 14.6 Å². The number of piperidine rings is 1. The summed E-state index contributed by atoms with van der Waals surface area (Å²) in [5, 5.41) is 11.8. The second kappa shape index (κ2) is 10.3. The number of hydrogen-bond acceptors (Lipinski definition) is 6. The number of piperazine rings is 1. The summed E-state index contributed by atoms with van der Waals surface area (Å²) in [6.07, 6.45) is 7.31. The lowest BCUT2D eigenvalue weighted by molar-refractivity contribution is -0.159. The van der Waals surface area contributed by atoms with Crippen molar-refractivity contribution in [1.82, 2.24) is 14.7 Å². The van der Waals surface area contributed by atoms with Gasteiger partial charge in [0.1, 0.15) is 6.10 Å².